The Bertz CT molecular complexity index is 310. The largest absolute Gasteiger partial charge is 0.481 e. The molecular formula is C14H24O5. The van der Waals surface area contributed by atoms with E-state index in [-0.39, 0.29) is 31.0 Å². The van der Waals surface area contributed by atoms with E-state index in [9.17, 15) is 9.59 Å². The Balaban J connectivity index is 2.19. The lowest BCUT2D eigenvalue weighted by atomic mass is 9.85. The van der Waals surface area contributed by atoms with Gasteiger partial charge in [0, 0.05) is 6.42 Å². The molecule has 5 nitrogen and oxygen atoms in total. The molecule has 0 aliphatic heterocycles. The highest BCUT2D eigenvalue weighted by atomic mass is 16.6. The lowest BCUT2D eigenvalue weighted by Crippen LogP contribution is -2.30. The zero-order chi connectivity index (χ0) is 14.5. The first-order valence-electron chi connectivity index (χ1n) is 6.81. The average Bonchev–Trinajstić information content (AvgIpc) is 2.25. The highest BCUT2D eigenvalue weighted by molar-refractivity contribution is 5.71. The summed E-state index contributed by atoms with van der Waals surface area (Å²) >= 11 is 0. The molecule has 1 aliphatic rings. The van der Waals surface area contributed by atoms with Crippen LogP contribution in [-0.4, -0.2) is 35.4 Å². The number of esters is 1. The van der Waals surface area contributed by atoms with Gasteiger partial charge >= 0.3 is 11.9 Å². The fraction of sp³-hybridized carbons (Fsp3) is 0.857. The van der Waals surface area contributed by atoms with E-state index in [4.69, 9.17) is 14.6 Å². The van der Waals surface area contributed by atoms with Gasteiger partial charge in [0.05, 0.1) is 6.10 Å². The van der Waals surface area contributed by atoms with Crippen LogP contribution in [0.2, 0.25) is 0 Å². The third-order valence-corrected chi connectivity index (χ3v) is 3.11. The molecule has 0 bridgehead atoms. The molecule has 0 aromatic carbocycles. The second-order valence-corrected chi connectivity index (χ2v) is 6.14. The Labute approximate surface area is 114 Å². The van der Waals surface area contributed by atoms with Gasteiger partial charge in [-0.1, -0.05) is 0 Å². The Morgan fingerprint density at radius 2 is 1.74 bits per heavy atom. The lowest BCUT2D eigenvalue weighted by molar-refractivity contribution is -0.163. The zero-order valence-electron chi connectivity index (χ0n) is 12.0. The standard InChI is InChI=1S/C14H24O5/c1-14(2,3)19-13(17)9-18-11-6-4-10(5-7-11)8-12(15)16/h10-11H,4-9H2,1-3H3,(H,15,16). The Morgan fingerprint density at radius 1 is 1.16 bits per heavy atom. The molecular weight excluding hydrogens is 248 g/mol. The Morgan fingerprint density at radius 3 is 2.21 bits per heavy atom. The third-order valence-electron chi connectivity index (χ3n) is 3.11. The lowest BCUT2D eigenvalue weighted by Gasteiger charge is -2.28. The predicted molar refractivity (Wildman–Crippen MR) is 69.8 cm³/mol. The van der Waals surface area contributed by atoms with Crippen molar-refractivity contribution in [3.8, 4) is 0 Å². The SMILES string of the molecule is CC(C)(C)OC(=O)COC1CCC(CC(=O)O)CC1. The van der Waals surface area contributed by atoms with E-state index in [1.807, 2.05) is 20.8 Å². The Hall–Kier alpha value is -1.10. The van der Waals surface area contributed by atoms with E-state index in [2.05, 4.69) is 0 Å². The van der Waals surface area contributed by atoms with Crippen LogP contribution in [0.5, 0.6) is 0 Å². The van der Waals surface area contributed by atoms with Gasteiger partial charge in [-0.3, -0.25) is 4.79 Å². The number of carbonyl (C=O) groups excluding carboxylic acids is 1. The summed E-state index contributed by atoms with van der Waals surface area (Å²) in [7, 11) is 0. The van der Waals surface area contributed by atoms with Crippen molar-refractivity contribution in [2.45, 2.75) is 64.6 Å². The summed E-state index contributed by atoms with van der Waals surface area (Å²) in [4.78, 5) is 22.1. The fourth-order valence-corrected chi connectivity index (χ4v) is 2.31. The molecule has 0 heterocycles. The van der Waals surface area contributed by atoms with Gasteiger partial charge < -0.3 is 14.6 Å². The van der Waals surface area contributed by atoms with Crippen LogP contribution in [0.1, 0.15) is 52.9 Å². The summed E-state index contributed by atoms with van der Waals surface area (Å²) in [5, 5.41) is 8.72. The van der Waals surface area contributed by atoms with Crippen LogP contribution in [0.25, 0.3) is 0 Å². The van der Waals surface area contributed by atoms with Crippen molar-refractivity contribution in [3.05, 3.63) is 0 Å². The number of hydrogen-bond acceptors (Lipinski definition) is 4. The summed E-state index contributed by atoms with van der Waals surface area (Å²) in [5.74, 6) is -0.836. The first-order chi connectivity index (χ1) is 8.76. The number of aliphatic carboxylic acids is 1. The first kappa shape index (κ1) is 16.0. The molecule has 0 saturated heterocycles. The van der Waals surface area contributed by atoms with Crippen molar-refractivity contribution < 1.29 is 24.2 Å². The smallest absolute Gasteiger partial charge is 0.332 e. The number of carboxylic acids is 1. The van der Waals surface area contributed by atoms with Crippen LogP contribution in [0.4, 0.5) is 0 Å². The minimum Gasteiger partial charge on any atom is -0.481 e. The summed E-state index contributed by atoms with van der Waals surface area (Å²) < 4.78 is 10.7. The number of ether oxygens (including phenoxy) is 2. The highest BCUT2D eigenvalue weighted by Crippen LogP contribution is 2.28. The Kier molecular flexibility index (Phi) is 5.79. The molecule has 0 unspecified atom stereocenters. The van der Waals surface area contributed by atoms with Crippen LogP contribution < -0.4 is 0 Å². The number of carboxylic acid groups (broad SMARTS) is 1. The molecule has 0 aromatic heterocycles. The maximum absolute atomic E-state index is 11.5. The molecule has 19 heavy (non-hydrogen) atoms. The normalized spacial score (nSPS) is 23.9. The molecule has 110 valence electrons. The minimum atomic E-state index is -0.738. The van der Waals surface area contributed by atoms with Crippen LogP contribution >= 0.6 is 0 Å². The zero-order valence-corrected chi connectivity index (χ0v) is 12.0. The maximum Gasteiger partial charge on any atom is 0.332 e. The van der Waals surface area contributed by atoms with E-state index in [0.29, 0.717) is 0 Å². The van der Waals surface area contributed by atoms with E-state index < -0.39 is 11.6 Å². The summed E-state index contributed by atoms with van der Waals surface area (Å²) in [6, 6.07) is 0. The molecule has 0 radical (unpaired) electrons. The molecule has 5 heteroatoms. The number of hydrogen-bond donors (Lipinski definition) is 1. The third kappa shape index (κ3) is 7.15. The minimum absolute atomic E-state index is 0.0223. The summed E-state index contributed by atoms with van der Waals surface area (Å²) in [5.41, 5.74) is -0.487. The molecule has 1 rings (SSSR count). The van der Waals surface area contributed by atoms with Gasteiger partial charge in [0.25, 0.3) is 0 Å². The van der Waals surface area contributed by atoms with Crippen molar-refractivity contribution in [1.82, 2.24) is 0 Å². The second-order valence-electron chi connectivity index (χ2n) is 6.14. The molecule has 1 fully saturated rings. The molecule has 0 atom stereocenters. The fourth-order valence-electron chi connectivity index (χ4n) is 2.31. The van der Waals surface area contributed by atoms with Gasteiger partial charge in [0.1, 0.15) is 12.2 Å². The predicted octanol–water partition coefficient (Wildman–Crippen LogP) is 2.38. The van der Waals surface area contributed by atoms with Gasteiger partial charge in [-0.05, 0) is 52.4 Å². The van der Waals surface area contributed by atoms with Crippen LogP contribution in [0.3, 0.4) is 0 Å². The quantitative estimate of drug-likeness (QED) is 0.778. The van der Waals surface area contributed by atoms with Gasteiger partial charge in [-0.2, -0.15) is 0 Å². The van der Waals surface area contributed by atoms with Crippen LogP contribution in [-0.2, 0) is 19.1 Å². The van der Waals surface area contributed by atoms with Crippen molar-refractivity contribution in [1.29, 1.82) is 0 Å². The van der Waals surface area contributed by atoms with Gasteiger partial charge in [-0.15, -0.1) is 0 Å². The maximum atomic E-state index is 11.5. The number of rotatable bonds is 5. The van der Waals surface area contributed by atoms with Crippen molar-refractivity contribution in [3.63, 3.8) is 0 Å². The summed E-state index contributed by atoms with van der Waals surface area (Å²) in [6.07, 6.45) is 3.63. The monoisotopic (exact) mass is 272 g/mol. The topological polar surface area (TPSA) is 72.8 Å². The number of carbonyl (C=O) groups is 2. The first-order valence-corrected chi connectivity index (χ1v) is 6.81. The second kappa shape index (κ2) is 6.89. The van der Waals surface area contributed by atoms with Gasteiger partial charge in [0.15, 0.2) is 0 Å². The van der Waals surface area contributed by atoms with Crippen molar-refractivity contribution in [2.24, 2.45) is 5.92 Å². The summed E-state index contributed by atoms with van der Waals surface area (Å²) in [6.45, 7) is 5.44. The van der Waals surface area contributed by atoms with Crippen molar-refractivity contribution >= 4 is 11.9 Å². The molecule has 1 saturated carbocycles. The molecule has 1 N–H and O–H groups in total. The van der Waals surface area contributed by atoms with Gasteiger partial charge in [-0.25, -0.2) is 4.79 Å². The average molecular weight is 272 g/mol. The van der Waals surface area contributed by atoms with Crippen molar-refractivity contribution in [2.75, 3.05) is 6.61 Å². The highest BCUT2D eigenvalue weighted by Gasteiger charge is 2.24. The molecule has 1 aliphatic carbocycles. The molecule has 0 aromatic rings. The van der Waals surface area contributed by atoms with Crippen LogP contribution in [0.15, 0.2) is 0 Å². The van der Waals surface area contributed by atoms with E-state index in [1.54, 1.807) is 0 Å². The van der Waals surface area contributed by atoms with E-state index in [0.717, 1.165) is 25.7 Å². The van der Waals surface area contributed by atoms with Crippen LogP contribution in [0, 0.1) is 5.92 Å². The molecule has 0 amide bonds. The van der Waals surface area contributed by atoms with Gasteiger partial charge in [0.2, 0.25) is 0 Å². The van der Waals surface area contributed by atoms with E-state index >= 15 is 0 Å². The van der Waals surface area contributed by atoms with E-state index in [1.165, 1.54) is 0 Å². The molecule has 0 spiro atoms.